The summed E-state index contributed by atoms with van der Waals surface area (Å²) in [6.07, 6.45) is 4.17. The predicted molar refractivity (Wildman–Crippen MR) is 76.7 cm³/mol. The van der Waals surface area contributed by atoms with Crippen molar-refractivity contribution in [2.75, 3.05) is 13.1 Å². The Morgan fingerprint density at radius 2 is 2.16 bits per heavy atom. The first-order valence-corrected chi connectivity index (χ1v) is 6.97. The van der Waals surface area contributed by atoms with Gasteiger partial charge in [0, 0.05) is 12.0 Å². The standard InChI is InChI=1S/C15H22FN3/c1-2-3-10-18-14(17)19-11-15(8-9-15)12-6-4-5-7-13(12)16/h4-7H,2-3,8-11H2,1H3,(H3,17,18,19). The molecule has 0 amide bonds. The number of nitrogens with one attached hydrogen (secondary N) is 1. The lowest BCUT2D eigenvalue weighted by molar-refractivity contribution is 0.572. The summed E-state index contributed by atoms with van der Waals surface area (Å²) in [7, 11) is 0. The molecule has 1 aromatic carbocycles. The Kier molecular flexibility index (Phi) is 4.40. The number of halogens is 1. The molecule has 0 saturated heterocycles. The van der Waals surface area contributed by atoms with E-state index in [2.05, 4.69) is 17.2 Å². The Labute approximate surface area is 114 Å². The lowest BCUT2D eigenvalue weighted by Crippen LogP contribution is -2.33. The highest BCUT2D eigenvalue weighted by Crippen LogP contribution is 2.49. The predicted octanol–water partition coefficient (Wildman–Crippen LogP) is 2.56. The largest absolute Gasteiger partial charge is 0.370 e. The molecule has 19 heavy (non-hydrogen) atoms. The quantitative estimate of drug-likeness (QED) is 0.471. The number of hydrogen-bond acceptors (Lipinski definition) is 1. The van der Waals surface area contributed by atoms with Crippen LogP contribution in [0.5, 0.6) is 0 Å². The molecule has 0 spiro atoms. The molecular weight excluding hydrogens is 241 g/mol. The van der Waals surface area contributed by atoms with E-state index in [9.17, 15) is 4.39 Å². The first-order valence-electron chi connectivity index (χ1n) is 6.97. The van der Waals surface area contributed by atoms with Crippen LogP contribution < -0.4 is 11.1 Å². The normalized spacial score (nSPS) is 17.3. The SMILES string of the molecule is CCCCNC(N)=NCC1(c2ccccc2F)CC1. The van der Waals surface area contributed by atoms with Crippen LogP contribution in [0.3, 0.4) is 0 Å². The fraction of sp³-hybridized carbons (Fsp3) is 0.533. The summed E-state index contributed by atoms with van der Waals surface area (Å²) in [4.78, 5) is 4.36. The van der Waals surface area contributed by atoms with E-state index >= 15 is 0 Å². The Morgan fingerprint density at radius 3 is 2.79 bits per heavy atom. The van der Waals surface area contributed by atoms with Crippen LogP contribution in [0.1, 0.15) is 38.2 Å². The van der Waals surface area contributed by atoms with E-state index in [-0.39, 0.29) is 11.2 Å². The van der Waals surface area contributed by atoms with Crippen molar-refractivity contribution in [2.24, 2.45) is 10.7 Å². The monoisotopic (exact) mass is 263 g/mol. The summed E-state index contributed by atoms with van der Waals surface area (Å²) in [5.41, 5.74) is 6.47. The van der Waals surface area contributed by atoms with E-state index in [1.165, 1.54) is 6.07 Å². The molecule has 1 aromatic rings. The molecular formula is C15H22FN3. The summed E-state index contributed by atoms with van der Waals surface area (Å²) < 4.78 is 13.8. The fourth-order valence-corrected chi connectivity index (χ4v) is 2.24. The summed E-state index contributed by atoms with van der Waals surface area (Å²) in [5.74, 6) is 0.337. The van der Waals surface area contributed by atoms with Crippen LogP contribution in [0.25, 0.3) is 0 Å². The van der Waals surface area contributed by atoms with Crippen LogP contribution >= 0.6 is 0 Å². The molecule has 4 heteroatoms. The third-order valence-electron chi connectivity index (χ3n) is 3.69. The maximum atomic E-state index is 13.8. The van der Waals surface area contributed by atoms with E-state index < -0.39 is 0 Å². The average molecular weight is 263 g/mol. The van der Waals surface area contributed by atoms with Crippen molar-refractivity contribution in [3.63, 3.8) is 0 Å². The third kappa shape index (κ3) is 3.46. The van der Waals surface area contributed by atoms with Gasteiger partial charge in [0.05, 0.1) is 6.54 Å². The van der Waals surface area contributed by atoms with Gasteiger partial charge in [0.15, 0.2) is 5.96 Å². The Hall–Kier alpha value is -1.58. The third-order valence-corrected chi connectivity index (χ3v) is 3.69. The number of nitrogens with zero attached hydrogens (tertiary/aromatic N) is 1. The van der Waals surface area contributed by atoms with Gasteiger partial charge in [-0.3, -0.25) is 4.99 Å². The van der Waals surface area contributed by atoms with E-state index in [1.54, 1.807) is 6.07 Å². The van der Waals surface area contributed by atoms with Crippen LogP contribution in [0.4, 0.5) is 4.39 Å². The zero-order valence-electron chi connectivity index (χ0n) is 11.5. The van der Waals surface area contributed by atoms with Crippen LogP contribution in [0, 0.1) is 5.82 Å². The maximum absolute atomic E-state index is 13.8. The Morgan fingerprint density at radius 1 is 1.42 bits per heavy atom. The van der Waals surface area contributed by atoms with Gasteiger partial charge in [-0.15, -0.1) is 0 Å². The maximum Gasteiger partial charge on any atom is 0.188 e. The molecule has 3 nitrogen and oxygen atoms in total. The summed E-state index contributed by atoms with van der Waals surface area (Å²) in [6, 6.07) is 6.98. The van der Waals surface area contributed by atoms with Gasteiger partial charge in [-0.1, -0.05) is 31.5 Å². The molecule has 0 radical (unpaired) electrons. The molecule has 0 aromatic heterocycles. The van der Waals surface area contributed by atoms with Gasteiger partial charge in [0.25, 0.3) is 0 Å². The molecule has 0 atom stereocenters. The molecule has 104 valence electrons. The molecule has 1 aliphatic rings. The van der Waals surface area contributed by atoms with Crippen molar-refractivity contribution in [1.82, 2.24) is 5.32 Å². The fourth-order valence-electron chi connectivity index (χ4n) is 2.24. The highest BCUT2D eigenvalue weighted by atomic mass is 19.1. The van der Waals surface area contributed by atoms with E-state index in [1.807, 2.05) is 12.1 Å². The van der Waals surface area contributed by atoms with Gasteiger partial charge in [-0.05, 0) is 30.9 Å². The number of aliphatic imine (C=N–C) groups is 1. The lowest BCUT2D eigenvalue weighted by atomic mass is 9.95. The first kappa shape index (κ1) is 13.8. The van der Waals surface area contributed by atoms with E-state index in [0.29, 0.717) is 12.5 Å². The van der Waals surface area contributed by atoms with E-state index in [4.69, 9.17) is 5.73 Å². The van der Waals surface area contributed by atoms with Crippen molar-refractivity contribution >= 4 is 5.96 Å². The van der Waals surface area contributed by atoms with Crippen LogP contribution in [-0.4, -0.2) is 19.0 Å². The van der Waals surface area contributed by atoms with Gasteiger partial charge in [-0.2, -0.15) is 0 Å². The van der Waals surface area contributed by atoms with Crippen LogP contribution in [-0.2, 0) is 5.41 Å². The average Bonchev–Trinajstić information content (AvgIpc) is 3.18. The van der Waals surface area contributed by atoms with Crippen molar-refractivity contribution in [2.45, 2.75) is 38.0 Å². The molecule has 0 unspecified atom stereocenters. The first-order chi connectivity index (χ1) is 9.18. The second-order valence-corrected chi connectivity index (χ2v) is 5.24. The van der Waals surface area contributed by atoms with Gasteiger partial charge in [0.2, 0.25) is 0 Å². The minimum absolute atomic E-state index is 0.123. The van der Waals surface area contributed by atoms with Gasteiger partial charge in [0.1, 0.15) is 5.82 Å². The lowest BCUT2D eigenvalue weighted by Gasteiger charge is -2.14. The number of unbranched alkanes of at least 4 members (excludes halogenated alkanes) is 1. The second kappa shape index (κ2) is 6.04. The molecule has 3 N–H and O–H groups in total. The summed E-state index contributed by atoms with van der Waals surface area (Å²) in [5, 5.41) is 3.08. The molecule has 0 bridgehead atoms. The molecule has 0 aliphatic heterocycles. The van der Waals surface area contributed by atoms with Crippen molar-refractivity contribution in [3.05, 3.63) is 35.6 Å². The number of rotatable bonds is 6. The number of hydrogen-bond donors (Lipinski definition) is 2. The van der Waals surface area contributed by atoms with Crippen molar-refractivity contribution in [3.8, 4) is 0 Å². The molecule has 1 saturated carbocycles. The minimum atomic E-state index is -0.132. The van der Waals surface area contributed by atoms with Crippen LogP contribution in [0.2, 0.25) is 0 Å². The van der Waals surface area contributed by atoms with E-state index in [0.717, 1.165) is 37.8 Å². The number of nitrogens with two attached hydrogens (primary N) is 1. The second-order valence-electron chi connectivity index (χ2n) is 5.24. The molecule has 2 rings (SSSR count). The Bertz CT molecular complexity index is 452. The Balaban J connectivity index is 1.95. The van der Waals surface area contributed by atoms with Gasteiger partial charge >= 0.3 is 0 Å². The van der Waals surface area contributed by atoms with Gasteiger partial charge < -0.3 is 11.1 Å². The van der Waals surface area contributed by atoms with Crippen molar-refractivity contribution < 1.29 is 4.39 Å². The highest BCUT2D eigenvalue weighted by Gasteiger charge is 2.45. The summed E-state index contributed by atoms with van der Waals surface area (Å²) >= 11 is 0. The summed E-state index contributed by atoms with van der Waals surface area (Å²) in [6.45, 7) is 3.55. The zero-order valence-corrected chi connectivity index (χ0v) is 11.5. The number of benzene rings is 1. The molecule has 1 fully saturated rings. The topological polar surface area (TPSA) is 50.4 Å². The highest BCUT2D eigenvalue weighted by molar-refractivity contribution is 5.77. The minimum Gasteiger partial charge on any atom is -0.370 e. The zero-order chi connectivity index (χ0) is 13.7. The molecule has 0 heterocycles. The smallest absolute Gasteiger partial charge is 0.188 e. The molecule has 1 aliphatic carbocycles. The number of guanidine groups is 1. The van der Waals surface area contributed by atoms with Crippen LogP contribution in [0.15, 0.2) is 29.3 Å². The van der Waals surface area contributed by atoms with Gasteiger partial charge in [-0.25, -0.2) is 4.39 Å². The van der Waals surface area contributed by atoms with Crippen molar-refractivity contribution in [1.29, 1.82) is 0 Å².